The maximum absolute atomic E-state index is 11.4. The van der Waals surface area contributed by atoms with Gasteiger partial charge in [-0.25, -0.2) is 9.48 Å². The molecule has 0 aliphatic rings. The number of hydrogen-bond donors (Lipinski definition) is 1. The van der Waals surface area contributed by atoms with Crippen LogP contribution in [0.25, 0.3) is 16.9 Å². The molecule has 0 radical (unpaired) electrons. The number of benzene rings is 2. The molecule has 110 valence electrons. The second-order valence-electron chi connectivity index (χ2n) is 4.54. The minimum absolute atomic E-state index is 0.0999. The lowest BCUT2D eigenvalue weighted by Crippen LogP contribution is -2.04. The maximum Gasteiger partial charge on any atom is 0.358 e. The Balaban J connectivity index is 2.28. The number of rotatable bonds is 4. The Kier molecular flexibility index (Phi) is 3.57. The first-order valence-corrected chi connectivity index (χ1v) is 6.60. The van der Waals surface area contributed by atoms with Crippen molar-refractivity contribution < 1.29 is 14.6 Å². The normalized spacial score (nSPS) is 10.4. The molecule has 0 bridgehead atoms. The van der Waals surface area contributed by atoms with E-state index in [0.717, 1.165) is 5.56 Å². The SMILES string of the molecule is COc1ccccc1-n1nnc(C(=O)O)c1-c1ccccc1. The number of carboxylic acids is 1. The van der Waals surface area contributed by atoms with E-state index >= 15 is 0 Å². The summed E-state index contributed by atoms with van der Waals surface area (Å²) in [6, 6.07) is 16.4. The summed E-state index contributed by atoms with van der Waals surface area (Å²) in [5, 5.41) is 17.2. The highest BCUT2D eigenvalue weighted by Crippen LogP contribution is 2.29. The second-order valence-corrected chi connectivity index (χ2v) is 4.54. The lowest BCUT2D eigenvalue weighted by Gasteiger charge is -2.11. The monoisotopic (exact) mass is 295 g/mol. The minimum Gasteiger partial charge on any atom is -0.494 e. The highest BCUT2D eigenvalue weighted by Gasteiger charge is 2.22. The molecule has 6 nitrogen and oxygen atoms in total. The van der Waals surface area contributed by atoms with E-state index in [9.17, 15) is 9.90 Å². The standard InChI is InChI=1S/C16H13N3O3/c1-22-13-10-6-5-9-12(13)19-15(11-7-3-2-4-8-11)14(16(20)21)17-18-19/h2-10H,1H3,(H,20,21). The number of carboxylic acid groups (broad SMARTS) is 1. The Labute approximate surface area is 126 Å². The van der Waals surface area contributed by atoms with Gasteiger partial charge in [-0.1, -0.05) is 47.7 Å². The van der Waals surface area contributed by atoms with E-state index in [-0.39, 0.29) is 5.69 Å². The van der Waals surface area contributed by atoms with Gasteiger partial charge < -0.3 is 9.84 Å². The van der Waals surface area contributed by atoms with Gasteiger partial charge in [0.1, 0.15) is 17.1 Å². The van der Waals surface area contributed by atoms with Crippen molar-refractivity contribution >= 4 is 5.97 Å². The molecule has 22 heavy (non-hydrogen) atoms. The summed E-state index contributed by atoms with van der Waals surface area (Å²) in [6.07, 6.45) is 0. The summed E-state index contributed by atoms with van der Waals surface area (Å²) in [4.78, 5) is 11.4. The molecule has 0 atom stereocenters. The van der Waals surface area contributed by atoms with Crippen LogP contribution in [0, 0.1) is 0 Å². The summed E-state index contributed by atoms with van der Waals surface area (Å²) in [5.74, 6) is -0.540. The van der Waals surface area contributed by atoms with Crippen LogP contribution < -0.4 is 4.74 Å². The van der Waals surface area contributed by atoms with Gasteiger partial charge in [0.2, 0.25) is 0 Å². The van der Waals surface area contributed by atoms with E-state index < -0.39 is 5.97 Å². The van der Waals surface area contributed by atoms with Gasteiger partial charge in [0, 0.05) is 5.56 Å². The van der Waals surface area contributed by atoms with Crippen molar-refractivity contribution in [1.29, 1.82) is 0 Å². The van der Waals surface area contributed by atoms with Crippen LogP contribution in [-0.2, 0) is 0 Å². The van der Waals surface area contributed by atoms with Crippen LogP contribution in [0.2, 0.25) is 0 Å². The van der Waals surface area contributed by atoms with Crippen molar-refractivity contribution in [3.05, 3.63) is 60.3 Å². The van der Waals surface area contributed by atoms with Crippen LogP contribution in [-0.4, -0.2) is 33.2 Å². The quantitative estimate of drug-likeness (QED) is 0.800. The van der Waals surface area contributed by atoms with Crippen molar-refractivity contribution in [1.82, 2.24) is 15.0 Å². The number of nitrogens with zero attached hydrogens (tertiary/aromatic N) is 3. The van der Waals surface area contributed by atoms with Gasteiger partial charge in [-0.15, -0.1) is 5.10 Å². The molecular formula is C16H13N3O3. The molecule has 0 aliphatic heterocycles. The number of hydrogen-bond acceptors (Lipinski definition) is 4. The summed E-state index contributed by atoms with van der Waals surface area (Å²) in [5.41, 5.74) is 1.66. The molecule has 1 heterocycles. The van der Waals surface area contributed by atoms with Crippen LogP contribution in [0.4, 0.5) is 0 Å². The van der Waals surface area contributed by atoms with Crippen molar-refractivity contribution in [2.45, 2.75) is 0 Å². The van der Waals surface area contributed by atoms with Gasteiger partial charge in [-0.2, -0.15) is 0 Å². The molecule has 0 amide bonds. The first-order valence-electron chi connectivity index (χ1n) is 6.60. The third-order valence-electron chi connectivity index (χ3n) is 3.23. The lowest BCUT2D eigenvalue weighted by molar-refractivity contribution is 0.0691. The average Bonchev–Trinajstić information content (AvgIpc) is 3.00. The van der Waals surface area contributed by atoms with Crippen LogP contribution in [0.15, 0.2) is 54.6 Å². The van der Waals surface area contributed by atoms with E-state index in [1.807, 2.05) is 42.5 Å². The van der Waals surface area contributed by atoms with Crippen molar-refractivity contribution in [2.75, 3.05) is 7.11 Å². The topological polar surface area (TPSA) is 77.2 Å². The third kappa shape index (κ3) is 2.31. The summed E-state index contributed by atoms with van der Waals surface area (Å²) in [6.45, 7) is 0. The smallest absolute Gasteiger partial charge is 0.358 e. The predicted molar refractivity (Wildman–Crippen MR) is 80.3 cm³/mol. The molecular weight excluding hydrogens is 282 g/mol. The largest absolute Gasteiger partial charge is 0.494 e. The molecule has 6 heteroatoms. The summed E-state index contributed by atoms with van der Waals surface area (Å²) in [7, 11) is 1.55. The Bertz CT molecular complexity index is 813. The fraction of sp³-hybridized carbons (Fsp3) is 0.0625. The zero-order valence-corrected chi connectivity index (χ0v) is 11.8. The van der Waals surface area contributed by atoms with Gasteiger partial charge >= 0.3 is 5.97 Å². The van der Waals surface area contributed by atoms with Crippen LogP contribution in [0.1, 0.15) is 10.5 Å². The fourth-order valence-electron chi connectivity index (χ4n) is 2.25. The minimum atomic E-state index is -1.12. The average molecular weight is 295 g/mol. The summed E-state index contributed by atoms with van der Waals surface area (Å²) < 4.78 is 6.81. The molecule has 2 aromatic carbocycles. The van der Waals surface area contributed by atoms with E-state index in [1.54, 1.807) is 19.2 Å². The van der Waals surface area contributed by atoms with Gasteiger partial charge in [-0.05, 0) is 12.1 Å². The number of aromatic carboxylic acids is 1. The lowest BCUT2D eigenvalue weighted by atomic mass is 10.1. The Morgan fingerprint density at radius 2 is 1.77 bits per heavy atom. The van der Waals surface area contributed by atoms with Crippen LogP contribution in [0.3, 0.4) is 0 Å². The van der Waals surface area contributed by atoms with E-state index in [2.05, 4.69) is 10.3 Å². The van der Waals surface area contributed by atoms with E-state index in [4.69, 9.17) is 4.74 Å². The number of methoxy groups -OCH3 is 1. The number of ether oxygens (including phenoxy) is 1. The Hall–Kier alpha value is -3.15. The molecule has 0 saturated heterocycles. The molecule has 3 aromatic rings. The molecule has 1 N–H and O–H groups in total. The van der Waals surface area contributed by atoms with Gasteiger partial charge in [0.15, 0.2) is 5.69 Å². The number of aromatic nitrogens is 3. The Morgan fingerprint density at radius 1 is 1.09 bits per heavy atom. The van der Waals surface area contributed by atoms with Crippen molar-refractivity contribution in [2.24, 2.45) is 0 Å². The number of carbonyl (C=O) groups is 1. The van der Waals surface area contributed by atoms with E-state index in [1.165, 1.54) is 4.68 Å². The van der Waals surface area contributed by atoms with Gasteiger partial charge in [0.25, 0.3) is 0 Å². The zero-order chi connectivity index (χ0) is 15.5. The molecule has 3 rings (SSSR count). The molecule has 0 saturated carbocycles. The second kappa shape index (κ2) is 5.69. The third-order valence-corrected chi connectivity index (χ3v) is 3.23. The highest BCUT2D eigenvalue weighted by atomic mass is 16.5. The molecule has 1 aromatic heterocycles. The van der Waals surface area contributed by atoms with Crippen LogP contribution in [0.5, 0.6) is 5.75 Å². The van der Waals surface area contributed by atoms with Crippen LogP contribution >= 0.6 is 0 Å². The van der Waals surface area contributed by atoms with E-state index in [0.29, 0.717) is 17.1 Å². The molecule has 0 aliphatic carbocycles. The van der Waals surface area contributed by atoms with Gasteiger partial charge in [0.05, 0.1) is 7.11 Å². The summed E-state index contributed by atoms with van der Waals surface area (Å²) >= 11 is 0. The van der Waals surface area contributed by atoms with Crippen molar-refractivity contribution in [3.8, 4) is 22.7 Å². The first kappa shape index (κ1) is 13.8. The molecule has 0 spiro atoms. The fourth-order valence-corrected chi connectivity index (χ4v) is 2.25. The maximum atomic E-state index is 11.4. The predicted octanol–water partition coefficient (Wildman–Crippen LogP) is 2.64. The van der Waals surface area contributed by atoms with Crippen molar-refractivity contribution in [3.63, 3.8) is 0 Å². The molecule has 0 fully saturated rings. The first-order chi connectivity index (χ1) is 10.7. The zero-order valence-electron chi connectivity index (χ0n) is 11.8. The molecule has 0 unspecified atom stereocenters. The number of para-hydroxylation sites is 2. The highest BCUT2D eigenvalue weighted by molar-refractivity contribution is 5.93. The van der Waals surface area contributed by atoms with Gasteiger partial charge in [-0.3, -0.25) is 0 Å². The Morgan fingerprint density at radius 3 is 2.45 bits per heavy atom.